The van der Waals surface area contributed by atoms with E-state index in [4.69, 9.17) is 5.11 Å². The summed E-state index contributed by atoms with van der Waals surface area (Å²) in [5, 5.41) is 10.6. The van der Waals surface area contributed by atoms with Gasteiger partial charge >= 0.3 is 5.97 Å². The minimum Gasteiger partial charge on any atom is -0.478 e. The number of carbonyl (C=O) groups is 1. The van der Waals surface area contributed by atoms with Gasteiger partial charge in [-0.3, -0.25) is 0 Å². The van der Waals surface area contributed by atoms with Crippen LogP contribution < -0.4 is 0 Å². The maximum atomic E-state index is 10.8. The van der Waals surface area contributed by atoms with E-state index in [1.165, 1.54) is 0 Å². The zero-order valence-corrected chi connectivity index (χ0v) is 10.6. The van der Waals surface area contributed by atoms with Crippen LogP contribution in [0, 0.1) is 40.8 Å². The van der Waals surface area contributed by atoms with E-state index in [0.717, 1.165) is 10.8 Å². The molecule has 2 rings (SSSR count). The van der Waals surface area contributed by atoms with E-state index in [1.807, 2.05) is 30.3 Å². The van der Waals surface area contributed by atoms with Crippen LogP contribution >= 0.6 is 0 Å². The molecule has 0 bridgehead atoms. The first kappa shape index (κ1) is 11.6. The second kappa shape index (κ2) is 4.84. The second-order valence-corrected chi connectivity index (χ2v) is 2.83. The largest absolute Gasteiger partial charge is 0.478 e. The van der Waals surface area contributed by atoms with Gasteiger partial charge in [-0.25, -0.2) is 4.79 Å². The fraction of sp³-hybridized carbons (Fsp3) is 0. The molecule has 2 nitrogen and oxygen atoms in total. The fourth-order valence-electron chi connectivity index (χ4n) is 1.41. The van der Waals surface area contributed by atoms with Crippen LogP contribution in [-0.4, -0.2) is 11.1 Å². The Morgan fingerprint density at radius 2 is 1.64 bits per heavy atom. The summed E-state index contributed by atoms with van der Waals surface area (Å²) in [4.78, 5) is 10.8. The standard InChI is InChI=1S/C11H8O2.Nd/c12-11(13)10-7-3-5-8-4-1-2-6-9(8)10;/h1-7H,(H,12,13);. The maximum Gasteiger partial charge on any atom is 0.336 e. The van der Waals surface area contributed by atoms with Gasteiger partial charge < -0.3 is 5.11 Å². The van der Waals surface area contributed by atoms with Crippen molar-refractivity contribution in [1.29, 1.82) is 0 Å². The molecule has 0 amide bonds. The molecule has 0 saturated heterocycles. The van der Waals surface area contributed by atoms with E-state index in [9.17, 15) is 4.79 Å². The summed E-state index contributed by atoms with van der Waals surface area (Å²) in [6.45, 7) is 0. The molecule has 2 aromatic rings. The number of hydrogen-bond acceptors (Lipinski definition) is 1. The molecular weight excluding hydrogens is 308 g/mol. The minimum absolute atomic E-state index is 0. The molecule has 14 heavy (non-hydrogen) atoms. The van der Waals surface area contributed by atoms with Gasteiger partial charge in [0.25, 0.3) is 0 Å². The average molecular weight is 316 g/mol. The first-order valence-corrected chi connectivity index (χ1v) is 4.00. The summed E-state index contributed by atoms with van der Waals surface area (Å²) >= 11 is 0. The molecule has 0 fully saturated rings. The summed E-state index contributed by atoms with van der Waals surface area (Å²) in [7, 11) is 0. The van der Waals surface area contributed by atoms with Crippen LogP contribution in [0.4, 0.5) is 0 Å². The van der Waals surface area contributed by atoms with Crippen molar-refractivity contribution in [3.8, 4) is 0 Å². The number of carboxylic acids is 1. The predicted octanol–water partition coefficient (Wildman–Crippen LogP) is 2.54. The quantitative estimate of drug-likeness (QED) is 0.878. The van der Waals surface area contributed by atoms with Crippen LogP contribution in [0.5, 0.6) is 0 Å². The number of carboxylic acid groups (broad SMARTS) is 1. The molecule has 0 heterocycles. The van der Waals surface area contributed by atoms with E-state index < -0.39 is 5.97 Å². The van der Waals surface area contributed by atoms with Crippen molar-refractivity contribution in [2.24, 2.45) is 0 Å². The zero-order chi connectivity index (χ0) is 9.26. The first-order chi connectivity index (χ1) is 6.29. The molecule has 0 unspecified atom stereocenters. The smallest absolute Gasteiger partial charge is 0.336 e. The number of rotatable bonds is 1. The normalized spacial score (nSPS) is 9.43. The molecular formula is C11H8NdO2. The van der Waals surface area contributed by atoms with Crippen LogP contribution in [0.25, 0.3) is 10.8 Å². The number of fused-ring (bicyclic) bond motifs is 1. The van der Waals surface area contributed by atoms with Crippen LogP contribution in [0.3, 0.4) is 0 Å². The molecule has 0 aliphatic rings. The Morgan fingerprint density at radius 1 is 1.00 bits per heavy atom. The summed E-state index contributed by atoms with van der Waals surface area (Å²) in [5.74, 6) is -0.878. The van der Waals surface area contributed by atoms with Crippen molar-refractivity contribution in [3.63, 3.8) is 0 Å². The number of benzene rings is 2. The average Bonchev–Trinajstić information content (AvgIpc) is 2.17. The van der Waals surface area contributed by atoms with Gasteiger partial charge in [-0.1, -0.05) is 36.4 Å². The molecule has 3 heteroatoms. The van der Waals surface area contributed by atoms with Gasteiger partial charge in [0.1, 0.15) is 0 Å². The van der Waals surface area contributed by atoms with Gasteiger partial charge in [-0.2, -0.15) is 0 Å². The van der Waals surface area contributed by atoms with Crippen LogP contribution in [0.1, 0.15) is 10.4 Å². The summed E-state index contributed by atoms with van der Waals surface area (Å²) in [5.41, 5.74) is 0.359. The zero-order valence-electron chi connectivity index (χ0n) is 7.40. The summed E-state index contributed by atoms with van der Waals surface area (Å²) in [6.07, 6.45) is 0. The summed E-state index contributed by atoms with van der Waals surface area (Å²) < 4.78 is 0. The van der Waals surface area contributed by atoms with E-state index >= 15 is 0 Å². The predicted molar refractivity (Wildman–Crippen MR) is 50.9 cm³/mol. The Kier molecular flexibility index (Phi) is 4.01. The molecule has 1 N–H and O–H groups in total. The van der Waals surface area contributed by atoms with Crippen molar-refractivity contribution < 1.29 is 50.7 Å². The first-order valence-electron chi connectivity index (χ1n) is 4.00. The Labute approximate surface area is 114 Å². The molecule has 2 aromatic carbocycles. The second-order valence-electron chi connectivity index (χ2n) is 2.83. The molecule has 68 valence electrons. The van der Waals surface area contributed by atoms with Crippen LogP contribution in [-0.2, 0) is 0 Å². The van der Waals surface area contributed by atoms with E-state index in [1.54, 1.807) is 12.1 Å². The van der Waals surface area contributed by atoms with E-state index in [0.29, 0.717) is 5.56 Å². The van der Waals surface area contributed by atoms with Gasteiger partial charge in [0.05, 0.1) is 5.56 Å². The third-order valence-corrected chi connectivity index (χ3v) is 2.02. The van der Waals surface area contributed by atoms with Gasteiger partial charge in [0, 0.05) is 40.8 Å². The Balaban J connectivity index is 0.000000980. The van der Waals surface area contributed by atoms with Crippen molar-refractivity contribution in [1.82, 2.24) is 0 Å². The summed E-state index contributed by atoms with van der Waals surface area (Å²) in [6, 6.07) is 12.7. The van der Waals surface area contributed by atoms with Crippen molar-refractivity contribution in [3.05, 3.63) is 48.0 Å². The topological polar surface area (TPSA) is 37.3 Å². The number of aromatic carboxylic acids is 1. The maximum absolute atomic E-state index is 10.8. The van der Waals surface area contributed by atoms with Crippen molar-refractivity contribution >= 4 is 16.7 Å². The minimum atomic E-state index is -0.878. The van der Waals surface area contributed by atoms with Gasteiger partial charge in [0.2, 0.25) is 0 Å². The molecule has 0 aliphatic carbocycles. The Hall–Kier alpha value is -0.479. The molecule has 0 aliphatic heterocycles. The van der Waals surface area contributed by atoms with Crippen LogP contribution in [0.2, 0.25) is 0 Å². The van der Waals surface area contributed by atoms with E-state index in [-0.39, 0.29) is 40.8 Å². The third-order valence-electron chi connectivity index (χ3n) is 2.02. The van der Waals surface area contributed by atoms with E-state index in [2.05, 4.69) is 0 Å². The van der Waals surface area contributed by atoms with Gasteiger partial charge in [-0.05, 0) is 16.8 Å². The van der Waals surface area contributed by atoms with Gasteiger partial charge in [-0.15, -0.1) is 0 Å². The van der Waals surface area contributed by atoms with Crippen LogP contribution in [0.15, 0.2) is 42.5 Å². The molecule has 0 radical (unpaired) electrons. The molecule has 0 aromatic heterocycles. The van der Waals surface area contributed by atoms with Gasteiger partial charge in [0.15, 0.2) is 0 Å². The van der Waals surface area contributed by atoms with Crippen molar-refractivity contribution in [2.45, 2.75) is 0 Å². The Morgan fingerprint density at radius 3 is 2.36 bits per heavy atom. The SMILES string of the molecule is O=C(O)c1cccc2ccccc12.[Nd]. The monoisotopic (exact) mass is 314 g/mol. The fourth-order valence-corrected chi connectivity index (χ4v) is 1.41. The molecule has 0 spiro atoms. The molecule has 0 saturated carbocycles. The number of hydrogen-bond donors (Lipinski definition) is 1. The van der Waals surface area contributed by atoms with Crippen molar-refractivity contribution in [2.75, 3.05) is 0 Å². The molecule has 0 atom stereocenters. The third kappa shape index (κ3) is 2.12. The Bertz CT molecular complexity index is 460.